The number of hydrogen-bond donors (Lipinski definition) is 0. The van der Waals surface area contributed by atoms with E-state index in [4.69, 9.17) is 9.97 Å². The zero-order valence-corrected chi connectivity index (χ0v) is 34.2. The highest BCUT2D eigenvalue weighted by Gasteiger charge is 2.38. The number of fused-ring (bicyclic) bond motifs is 10. The van der Waals surface area contributed by atoms with Crippen LogP contribution < -0.4 is 0 Å². The molecule has 0 amide bonds. The van der Waals surface area contributed by atoms with E-state index in [2.05, 4.69) is 204 Å². The molecule has 0 bridgehead atoms. The second kappa shape index (κ2) is 12.7. The molecule has 12 rings (SSSR count). The van der Waals surface area contributed by atoms with Gasteiger partial charge in [-0.05, 0) is 112 Å². The number of aromatic nitrogens is 2. The van der Waals surface area contributed by atoms with Gasteiger partial charge in [0.15, 0.2) is 5.82 Å². The van der Waals surface area contributed by atoms with Crippen LogP contribution in [-0.4, -0.2) is 9.97 Å². The molecule has 9 aromatic carbocycles. The number of benzene rings is 9. The van der Waals surface area contributed by atoms with Gasteiger partial charge >= 0.3 is 0 Å². The predicted octanol–water partition coefficient (Wildman–Crippen LogP) is 15.2. The van der Waals surface area contributed by atoms with Crippen molar-refractivity contribution in [3.63, 3.8) is 0 Å². The SMILES string of the molecule is CC1(C)c2cc3ccccc3cc2-c2c(-c3ccc(-c4cc(-c5ccc6c(c5)C(C)(C)c5ccc7ccccc7c5-6)nc(-c5ccccc5)n4)c4ccccc34)cccc21. The Balaban J connectivity index is 1.04. The molecule has 284 valence electrons. The summed E-state index contributed by atoms with van der Waals surface area (Å²) >= 11 is 0. The molecule has 0 saturated heterocycles. The van der Waals surface area contributed by atoms with Crippen molar-refractivity contribution >= 4 is 32.3 Å². The highest BCUT2D eigenvalue weighted by atomic mass is 14.9. The maximum absolute atomic E-state index is 5.34. The Labute approximate surface area is 350 Å². The van der Waals surface area contributed by atoms with Crippen molar-refractivity contribution in [1.29, 1.82) is 0 Å². The molecule has 2 nitrogen and oxygen atoms in total. The Kier molecular flexibility index (Phi) is 7.36. The van der Waals surface area contributed by atoms with E-state index in [1.54, 1.807) is 0 Å². The number of rotatable bonds is 4. The summed E-state index contributed by atoms with van der Waals surface area (Å²) in [6.07, 6.45) is 0. The van der Waals surface area contributed by atoms with Gasteiger partial charge in [0.05, 0.1) is 11.4 Å². The second-order valence-corrected chi connectivity index (χ2v) is 17.7. The van der Waals surface area contributed by atoms with Gasteiger partial charge in [0.2, 0.25) is 0 Å². The molecule has 0 spiro atoms. The minimum absolute atomic E-state index is 0.116. The van der Waals surface area contributed by atoms with E-state index >= 15 is 0 Å². The summed E-state index contributed by atoms with van der Waals surface area (Å²) in [4.78, 5) is 10.6. The lowest BCUT2D eigenvalue weighted by Crippen LogP contribution is -2.15. The van der Waals surface area contributed by atoms with Crippen molar-refractivity contribution in [2.24, 2.45) is 0 Å². The lowest BCUT2D eigenvalue weighted by molar-refractivity contribution is 0.661. The summed E-state index contributed by atoms with van der Waals surface area (Å²) in [5.41, 5.74) is 18.0. The van der Waals surface area contributed by atoms with Crippen LogP contribution in [0.4, 0.5) is 0 Å². The number of hydrogen-bond acceptors (Lipinski definition) is 2. The first kappa shape index (κ1) is 34.8. The van der Waals surface area contributed by atoms with Crippen molar-refractivity contribution in [1.82, 2.24) is 9.97 Å². The topological polar surface area (TPSA) is 25.8 Å². The Morgan fingerprint density at radius 2 is 0.917 bits per heavy atom. The molecule has 60 heavy (non-hydrogen) atoms. The van der Waals surface area contributed by atoms with Crippen LogP contribution in [0.2, 0.25) is 0 Å². The van der Waals surface area contributed by atoms with Crippen LogP contribution in [0, 0.1) is 0 Å². The minimum Gasteiger partial charge on any atom is -0.228 e. The van der Waals surface area contributed by atoms with Crippen molar-refractivity contribution < 1.29 is 0 Å². The third kappa shape index (κ3) is 5.01. The molecular formula is C58H42N2. The normalized spacial score (nSPS) is 14.3. The van der Waals surface area contributed by atoms with Gasteiger partial charge in [0, 0.05) is 27.5 Å². The van der Waals surface area contributed by atoms with Crippen LogP contribution in [0.5, 0.6) is 0 Å². The van der Waals surface area contributed by atoms with Gasteiger partial charge in [-0.2, -0.15) is 0 Å². The smallest absolute Gasteiger partial charge is 0.160 e. The average Bonchev–Trinajstić information content (AvgIpc) is 3.66. The third-order valence-electron chi connectivity index (χ3n) is 13.7. The quantitative estimate of drug-likeness (QED) is 0.178. The molecule has 1 aromatic heterocycles. The molecule has 0 N–H and O–H groups in total. The van der Waals surface area contributed by atoms with E-state index in [0.717, 1.165) is 33.9 Å². The maximum Gasteiger partial charge on any atom is 0.160 e. The molecule has 2 aliphatic carbocycles. The van der Waals surface area contributed by atoms with Gasteiger partial charge < -0.3 is 0 Å². The monoisotopic (exact) mass is 766 g/mol. The molecular weight excluding hydrogens is 725 g/mol. The van der Waals surface area contributed by atoms with Crippen molar-refractivity contribution in [3.05, 3.63) is 204 Å². The molecule has 0 atom stereocenters. The third-order valence-corrected chi connectivity index (χ3v) is 13.7. The van der Waals surface area contributed by atoms with Crippen LogP contribution in [0.1, 0.15) is 49.9 Å². The van der Waals surface area contributed by atoms with Gasteiger partial charge in [-0.25, -0.2) is 9.97 Å². The lowest BCUT2D eigenvalue weighted by Gasteiger charge is -2.22. The highest BCUT2D eigenvalue weighted by molar-refractivity contribution is 6.09. The summed E-state index contributed by atoms with van der Waals surface area (Å²) < 4.78 is 0. The van der Waals surface area contributed by atoms with Gasteiger partial charge in [0.1, 0.15) is 0 Å². The van der Waals surface area contributed by atoms with Crippen molar-refractivity contribution in [3.8, 4) is 67.3 Å². The van der Waals surface area contributed by atoms with Gasteiger partial charge in [-0.15, -0.1) is 0 Å². The van der Waals surface area contributed by atoms with Gasteiger partial charge in [0.25, 0.3) is 0 Å². The molecule has 0 aliphatic heterocycles. The van der Waals surface area contributed by atoms with Crippen LogP contribution in [0.3, 0.4) is 0 Å². The van der Waals surface area contributed by atoms with Crippen LogP contribution in [0.15, 0.2) is 182 Å². The molecule has 0 unspecified atom stereocenters. The second-order valence-electron chi connectivity index (χ2n) is 17.7. The summed E-state index contributed by atoms with van der Waals surface area (Å²) in [6.45, 7) is 9.46. The van der Waals surface area contributed by atoms with E-state index in [0.29, 0.717) is 0 Å². The molecule has 0 fully saturated rings. The first-order chi connectivity index (χ1) is 29.3. The van der Waals surface area contributed by atoms with E-state index < -0.39 is 0 Å². The first-order valence-electron chi connectivity index (χ1n) is 21.1. The summed E-state index contributed by atoms with van der Waals surface area (Å²) in [5, 5.41) is 7.52. The van der Waals surface area contributed by atoms with E-state index in [1.807, 2.05) is 6.07 Å². The van der Waals surface area contributed by atoms with Crippen LogP contribution >= 0.6 is 0 Å². The summed E-state index contributed by atoms with van der Waals surface area (Å²) in [5.74, 6) is 0.720. The highest BCUT2D eigenvalue weighted by Crippen LogP contribution is 2.55. The standard InChI is InChI=1S/C58H42N2/c1-57(2)48-24-14-23-45(55(48)47-31-37-18-8-9-19-38(37)32-51(47)57)43-28-29-44(42-22-13-12-21-41(42)43)53-34-52(59-56(60-53)36-16-6-5-7-17-36)39-25-27-46-50(33-39)58(3,4)49-30-26-35-15-10-11-20-40(35)54(46)49/h5-34H,1-4H3. The fourth-order valence-electron chi connectivity index (χ4n) is 10.6. The average molecular weight is 767 g/mol. The summed E-state index contributed by atoms with van der Waals surface area (Å²) in [7, 11) is 0. The van der Waals surface area contributed by atoms with E-state index in [9.17, 15) is 0 Å². The Bertz CT molecular complexity index is 3430. The first-order valence-corrected chi connectivity index (χ1v) is 21.1. The lowest BCUT2D eigenvalue weighted by atomic mass is 9.81. The Morgan fingerprint density at radius 3 is 1.70 bits per heavy atom. The maximum atomic E-state index is 5.34. The molecule has 2 heteroatoms. The zero-order chi connectivity index (χ0) is 40.3. The molecule has 0 saturated carbocycles. The minimum atomic E-state index is -0.157. The molecule has 10 aromatic rings. The molecule has 1 heterocycles. The fourth-order valence-corrected chi connectivity index (χ4v) is 10.6. The van der Waals surface area contributed by atoms with Crippen molar-refractivity contribution in [2.75, 3.05) is 0 Å². The number of nitrogens with zero attached hydrogens (tertiary/aromatic N) is 2. The molecule has 2 aliphatic rings. The largest absolute Gasteiger partial charge is 0.228 e. The zero-order valence-electron chi connectivity index (χ0n) is 34.2. The Hall–Kier alpha value is -7.16. The van der Waals surface area contributed by atoms with Crippen molar-refractivity contribution in [2.45, 2.75) is 38.5 Å². The van der Waals surface area contributed by atoms with Gasteiger partial charge in [-0.3, -0.25) is 0 Å². The van der Waals surface area contributed by atoms with E-state index in [-0.39, 0.29) is 10.8 Å². The van der Waals surface area contributed by atoms with Crippen LogP contribution in [-0.2, 0) is 10.8 Å². The van der Waals surface area contributed by atoms with Gasteiger partial charge in [-0.1, -0.05) is 185 Å². The Morgan fingerprint density at radius 1 is 0.317 bits per heavy atom. The molecule has 0 radical (unpaired) electrons. The summed E-state index contributed by atoms with van der Waals surface area (Å²) in [6, 6.07) is 66.8. The fraction of sp³-hybridized carbons (Fsp3) is 0.103. The predicted molar refractivity (Wildman–Crippen MR) is 251 cm³/mol. The van der Waals surface area contributed by atoms with Crippen LogP contribution in [0.25, 0.3) is 99.6 Å². The van der Waals surface area contributed by atoms with E-state index in [1.165, 1.54) is 88.0 Å².